The number of unbranched alkanes of at least 4 members (excludes halogenated alkanes) is 1. The van der Waals surface area contributed by atoms with Gasteiger partial charge < -0.3 is 4.74 Å². The first-order valence-electron chi connectivity index (χ1n) is 5.54. The Morgan fingerprint density at radius 1 is 1.44 bits per heavy atom. The molecule has 0 saturated carbocycles. The molecule has 0 aromatic heterocycles. The zero-order valence-electron chi connectivity index (χ0n) is 9.75. The van der Waals surface area contributed by atoms with Crippen molar-refractivity contribution in [2.45, 2.75) is 33.1 Å². The zero-order chi connectivity index (χ0) is 12.0. The molecule has 0 radical (unpaired) electrons. The number of esters is 1. The van der Waals surface area contributed by atoms with E-state index in [0.29, 0.717) is 17.7 Å². The average Bonchev–Trinajstić information content (AvgIpc) is 2.25. The molecule has 1 aromatic rings. The lowest BCUT2D eigenvalue weighted by atomic mass is 10.1. The van der Waals surface area contributed by atoms with Crippen molar-refractivity contribution in [3.63, 3.8) is 0 Å². The second-order valence-corrected chi connectivity index (χ2v) is 3.80. The van der Waals surface area contributed by atoms with Crippen LogP contribution in [0.2, 0.25) is 0 Å². The lowest BCUT2D eigenvalue weighted by Gasteiger charge is -2.06. The lowest BCUT2D eigenvalue weighted by molar-refractivity contribution is -0.142. The van der Waals surface area contributed by atoms with Crippen LogP contribution in [0.3, 0.4) is 0 Å². The van der Waals surface area contributed by atoms with Gasteiger partial charge in [0.25, 0.3) is 0 Å². The molecule has 0 aliphatic heterocycles. The predicted molar refractivity (Wildman–Crippen MR) is 60.7 cm³/mol. The SMILES string of the molecule is CCCCOC(=O)Cc1cccc(C)c1F. The zero-order valence-corrected chi connectivity index (χ0v) is 9.75. The van der Waals surface area contributed by atoms with Crippen molar-refractivity contribution in [3.05, 3.63) is 35.1 Å². The van der Waals surface area contributed by atoms with Crippen LogP contribution in [-0.4, -0.2) is 12.6 Å². The van der Waals surface area contributed by atoms with E-state index in [1.54, 1.807) is 25.1 Å². The fourth-order valence-corrected chi connectivity index (χ4v) is 1.38. The third-order valence-electron chi connectivity index (χ3n) is 2.37. The maximum absolute atomic E-state index is 13.5. The quantitative estimate of drug-likeness (QED) is 0.567. The molecule has 0 amide bonds. The molecule has 0 N–H and O–H groups in total. The number of benzene rings is 1. The average molecular weight is 224 g/mol. The molecule has 88 valence electrons. The van der Waals surface area contributed by atoms with Crippen LogP contribution in [0.25, 0.3) is 0 Å². The lowest BCUT2D eigenvalue weighted by Crippen LogP contribution is -2.10. The van der Waals surface area contributed by atoms with Gasteiger partial charge in [-0.1, -0.05) is 31.5 Å². The highest BCUT2D eigenvalue weighted by molar-refractivity contribution is 5.72. The molecular formula is C13H17FO2. The van der Waals surface area contributed by atoms with Gasteiger partial charge in [-0.2, -0.15) is 0 Å². The minimum Gasteiger partial charge on any atom is -0.465 e. The minimum atomic E-state index is -0.363. The van der Waals surface area contributed by atoms with Crippen molar-refractivity contribution >= 4 is 5.97 Å². The molecule has 2 nitrogen and oxygen atoms in total. The molecular weight excluding hydrogens is 207 g/mol. The summed E-state index contributed by atoms with van der Waals surface area (Å²) in [5, 5.41) is 0. The van der Waals surface area contributed by atoms with E-state index in [9.17, 15) is 9.18 Å². The van der Waals surface area contributed by atoms with Crippen LogP contribution in [0.4, 0.5) is 4.39 Å². The fourth-order valence-electron chi connectivity index (χ4n) is 1.38. The number of carbonyl (C=O) groups excluding carboxylic acids is 1. The molecule has 0 spiro atoms. The Bertz CT molecular complexity index is 361. The van der Waals surface area contributed by atoms with Gasteiger partial charge in [-0.3, -0.25) is 4.79 Å². The number of aryl methyl sites for hydroxylation is 1. The van der Waals surface area contributed by atoms with Crippen molar-refractivity contribution in [3.8, 4) is 0 Å². The van der Waals surface area contributed by atoms with Gasteiger partial charge in [0.15, 0.2) is 0 Å². The Labute approximate surface area is 95.4 Å². The van der Waals surface area contributed by atoms with Crippen LogP contribution in [0.15, 0.2) is 18.2 Å². The van der Waals surface area contributed by atoms with Crippen LogP contribution in [0.5, 0.6) is 0 Å². The summed E-state index contributed by atoms with van der Waals surface area (Å²) < 4.78 is 18.5. The molecule has 0 aliphatic rings. The molecule has 0 aliphatic carbocycles. The Morgan fingerprint density at radius 3 is 2.88 bits per heavy atom. The number of hydrogen-bond donors (Lipinski definition) is 0. The van der Waals surface area contributed by atoms with E-state index in [-0.39, 0.29) is 18.2 Å². The van der Waals surface area contributed by atoms with E-state index >= 15 is 0 Å². The third-order valence-corrected chi connectivity index (χ3v) is 2.37. The van der Waals surface area contributed by atoms with Gasteiger partial charge in [0.1, 0.15) is 5.82 Å². The highest BCUT2D eigenvalue weighted by Crippen LogP contribution is 2.12. The van der Waals surface area contributed by atoms with Gasteiger partial charge in [-0.15, -0.1) is 0 Å². The summed E-state index contributed by atoms with van der Waals surface area (Å²) in [7, 11) is 0. The summed E-state index contributed by atoms with van der Waals surface area (Å²) in [5.41, 5.74) is 0.959. The van der Waals surface area contributed by atoms with E-state index in [1.807, 2.05) is 6.92 Å². The molecule has 3 heteroatoms. The van der Waals surface area contributed by atoms with Crippen LogP contribution >= 0.6 is 0 Å². The molecule has 0 unspecified atom stereocenters. The Balaban J connectivity index is 2.53. The van der Waals surface area contributed by atoms with Crippen molar-refractivity contribution in [2.24, 2.45) is 0 Å². The van der Waals surface area contributed by atoms with E-state index in [0.717, 1.165) is 12.8 Å². The predicted octanol–water partition coefficient (Wildman–Crippen LogP) is 3.02. The summed E-state index contributed by atoms with van der Waals surface area (Å²) in [6.07, 6.45) is 1.84. The number of rotatable bonds is 5. The molecule has 0 atom stereocenters. The van der Waals surface area contributed by atoms with E-state index < -0.39 is 0 Å². The van der Waals surface area contributed by atoms with Crippen LogP contribution in [-0.2, 0) is 16.0 Å². The van der Waals surface area contributed by atoms with Crippen molar-refractivity contribution in [1.82, 2.24) is 0 Å². The molecule has 1 aromatic carbocycles. The topological polar surface area (TPSA) is 26.3 Å². The van der Waals surface area contributed by atoms with Crippen LogP contribution < -0.4 is 0 Å². The summed E-state index contributed by atoms with van der Waals surface area (Å²) in [4.78, 5) is 11.4. The number of hydrogen-bond acceptors (Lipinski definition) is 2. The van der Waals surface area contributed by atoms with Crippen molar-refractivity contribution < 1.29 is 13.9 Å². The summed E-state index contributed by atoms with van der Waals surface area (Å²) in [6, 6.07) is 5.04. The molecule has 0 fully saturated rings. The first kappa shape index (κ1) is 12.7. The van der Waals surface area contributed by atoms with E-state index in [2.05, 4.69) is 0 Å². The van der Waals surface area contributed by atoms with Gasteiger partial charge in [0, 0.05) is 0 Å². The van der Waals surface area contributed by atoms with E-state index in [1.165, 1.54) is 0 Å². The smallest absolute Gasteiger partial charge is 0.310 e. The van der Waals surface area contributed by atoms with E-state index in [4.69, 9.17) is 4.74 Å². The van der Waals surface area contributed by atoms with Crippen LogP contribution in [0.1, 0.15) is 30.9 Å². The standard InChI is InChI=1S/C13H17FO2/c1-3-4-8-16-12(15)9-11-7-5-6-10(2)13(11)14/h5-7H,3-4,8-9H2,1-2H3. The maximum Gasteiger partial charge on any atom is 0.310 e. The summed E-state index contributed by atoms with van der Waals surface area (Å²) in [6.45, 7) is 4.12. The van der Waals surface area contributed by atoms with Gasteiger partial charge in [0.05, 0.1) is 13.0 Å². The second kappa shape index (κ2) is 6.26. The van der Waals surface area contributed by atoms with Crippen LogP contribution in [0, 0.1) is 12.7 Å². The van der Waals surface area contributed by atoms with Crippen molar-refractivity contribution in [2.75, 3.05) is 6.61 Å². The first-order chi connectivity index (χ1) is 7.65. The Morgan fingerprint density at radius 2 is 2.19 bits per heavy atom. The molecule has 16 heavy (non-hydrogen) atoms. The highest BCUT2D eigenvalue weighted by atomic mass is 19.1. The third kappa shape index (κ3) is 3.65. The second-order valence-electron chi connectivity index (χ2n) is 3.80. The Hall–Kier alpha value is -1.38. The largest absolute Gasteiger partial charge is 0.465 e. The highest BCUT2D eigenvalue weighted by Gasteiger charge is 2.10. The molecule has 0 heterocycles. The van der Waals surface area contributed by atoms with Gasteiger partial charge >= 0.3 is 5.97 Å². The minimum absolute atomic E-state index is 0.0111. The molecule has 0 bridgehead atoms. The number of ether oxygens (including phenoxy) is 1. The maximum atomic E-state index is 13.5. The van der Waals surface area contributed by atoms with Gasteiger partial charge in [-0.25, -0.2) is 4.39 Å². The number of halogens is 1. The Kier molecular flexibility index (Phi) is 4.96. The summed E-state index contributed by atoms with van der Waals surface area (Å²) >= 11 is 0. The first-order valence-corrected chi connectivity index (χ1v) is 5.54. The molecule has 1 rings (SSSR count). The fraction of sp³-hybridized carbons (Fsp3) is 0.462. The van der Waals surface area contributed by atoms with Gasteiger partial charge in [0.2, 0.25) is 0 Å². The summed E-state index contributed by atoms with van der Waals surface area (Å²) in [5.74, 6) is -0.673. The normalized spacial score (nSPS) is 10.2. The number of carbonyl (C=O) groups is 1. The molecule has 0 saturated heterocycles. The monoisotopic (exact) mass is 224 g/mol. The van der Waals surface area contributed by atoms with Crippen molar-refractivity contribution in [1.29, 1.82) is 0 Å². The van der Waals surface area contributed by atoms with Gasteiger partial charge in [-0.05, 0) is 24.5 Å².